The van der Waals surface area contributed by atoms with Gasteiger partial charge in [-0.3, -0.25) is 0 Å². The zero-order valence-corrected chi connectivity index (χ0v) is 12.1. The van der Waals surface area contributed by atoms with E-state index in [1.807, 2.05) is 37.3 Å². The molecule has 0 aromatic heterocycles. The number of benzene rings is 1. The topological polar surface area (TPSA) is 58.6 Å². The summed E-state index contributed by atoms with van der Waals surface area (Å²) in [6, 6.07) is 9.04. The van der Waals surface area contributed by atoms with Crippen LogP contribution in [-0.4, -0.2) is 22.8 Å². The summed E-state index contributed by atoms with van der Waals surface area (Å²) in [4.78, 5) is 11.8. The molecular formula is C16H23NO3. The Morgan fingerprint density at radius 1 is 1.50 bits per heavy atom. The first-order valence-corrected chi connectivity index (χ1v) is 6.80. The summed E-state index contributed by atoms with van der Waals surface area (Å²) < 4.78 is 5.15. The third-order valence-corrected chi connectivity index (χ3v) is 3.37. The highest BCUT2D eigenvalue weighted by Gasteiger charge is 2.30. The van der Waals surface area contributed by atoms with Crippen molar-refractivity contribution in [2.45, 2.75) is 44.9 Å². The lowest BCUT2D eigenvalue weighted by Crippen LogP contribution is -2.50. The number of hydrogen-bond donors (Lipinski definition) is 2. The zero-order chi connectivity index (χ0) is 15.0. The first-order chi connectivity index (χ1) is 9.49. The number of hydrogen-bond acceptors (Lipinski definition) is 3. The average Bonchev–Trinajstić information content (AvgIpc) is 2.46. The lowest BCUT2D eigenvalue weighted by molar-refractivity contribution is 0.0145. The Labute approximate surface area is 120 Å². The van der Waals surface area contributed by atoms with Gasteiger partial charge in [-0.05, 0) is 25.3 Å². The van der Waals surface area contributed by atoms with Crippen LogP contribution in [0.3, 0.4) is 0 Å². The molecule has 1 aromatic rings. The fourth-order valence-electron chi connectivity index (χ4n) is 1.79. The Balaban J connectivity index is 2.52. The molecule has 1 aromatic carbocycles. The molecule has 0 unspecified atom stereocenters. The Morgan fingerprint density at radius 2 is 2.15 bits per heavy atom. The summed E-state index contributed by atoms with van der Waals surface area (Å²) in [5.41, 5.74) is -0.0647. The van der Waals surface area contributed by atoms with E-state index in [9.17, 15) is 9.90 Å². The second kappa shape index (κ2) is 7.70. The number of nitrogens with one attached hydrogen (secondary N) is 1. The van der Waals surface area contributed by atoms with E-state index in [4.69, 9.17) is 4.74 Å². The second-order valence-electron chi connectivity index (χ2n) is 4.99. The molecule has 0 aliphatic heterocycles. The standard InChI is InChI=1S/C16H23NO3/c1-4-9-14(16(3,19)5-2)17-15(18)20-12-13-10-7-6-8-11-13/h4,6-8,10-11,14,19H,1,5,9,12H2,2-3H3,(H,17,18)/t14-,16-/m0/s1. The molecule has 1 rings (SSSR count). The lowest BCUT2D eigenvalue weighted by Gasteiger charge is -2.31. The summed E-state index contributed by atoms with van der Waals surface area (Å²) in [6.45, 7) is 7.42. The smallest absolute Gasteiger partial charge is 0.407 e. The number of aliphatic hydroxyl groups is 1. The van der Waals surface area contributed by atoms with Crippen LogP contribution in [0.1, 0.15) is 32.3 Å². The fraction of sp³-hybridized carbons (Fsp3) is 0.438. The summed E-state index contributed by atoms with van der Waals surface area (Å²) in [7, 11) is 0. The van der Waals surface area contributed by atoms with Crippen LogP contribution < -0.4 is 5.32 Å². The van der Waals surface area contributed by atoms with E-state index in [0.717, 1.165) is 5.56 Å². The number of alkyl carbamates (subject to hydrolysis) is 1. The molecule has 1 amide bonds. The molecule has 110 valence electrons. The molecule has 0 saturated carbocycles. The van der Waals surface area contributed by atoms with Crippen molar-refractivity contribution in [1.29, 1.82) is 0 Å². The molecule has 2 atom stereocenters. The zero-order valence-electron chi connectivity index (χ0n) is 12.1. The van der Waals surface area contributed by atoms with Crippen molar-refractivity contribution in [3.8, 4) is 0 Å². The van der Waals surface area contributed by atoms with Crippen LogP contribution in [0, 0.1) is 0 Å². The average molecular weight is 277 g/mol. The third-order valence-electron chi connectivity index (χ3n) is 3.37. The van der Waals surface area contributed by atoms with Gasteiger partial charge in [0.25, 0.3) is 0 Å². The highest BCUT2D eigenvalue weighted by Crippen LogP contribution is 2.17. The Bertz CT molecular complexity index is 429. The molecule has 0 bridgehead atoms. The molecule has 0 spiro atoms. The highest BCUT2D eigenvalue weighted by atomic mass is 16.5. The third kappa shape index (κ3) is 5.05. The van der Waals surface area contributed by atoms with Crippen LogP contribution >= 0.6 is 0 Å². The van der Waals surface area contributed by atoms with Gasteiger partial charge in [0, 0.05) is 0 Å². The number of ether oxygens (including phenoxy) is 1. The first kappa shape index (κ1) is 16.2. The minimum atomic E-state index is -0.986. The number of amides is 1. The molecule has 0 radical (unpaired) electrons. The van der Waals surface area contributed by atoms with Crippen molar-refractivity contribution in [2.75, 3.05) is 0 Å². The molecule has 20 heavy (non-hydrogen) atoms. The van der Waals surface area contributed by atoms with Crippen molar-refractivity contribution in [3.05, 3.63) is 48.6 Å². The Morgan fingerprint density at radius 3 is 2.70 bits per heavy atom. The Kier molecular flexibility index (Phi) is 6.25. The van der Waals surface area contributed by atoms with Gasteiger partial charge in [-0.25, -0.2) is 4.79 Å². The monoisotopic (exact) mass is 277 g/mol. The van der Waals surface area contributed by atoms with Crippen molar-refractivity contribution in [1.82, 2.24) is 5.32 Å². The van der Waals surface area contributed by atoms with Gasteiger partial charge in [0.2, 0.25) is 0 Å². The maximum absolute atomic E-state index is 11.8. The van der Waals surface area contributed by atoms with Crippen molar-refractivity contribution in [3.63, 3.8) is 0 Å². The molecule has 0 heterocycles. The quantitative estimate of drug-likeness (QED) is 0.753. The summed E-state index contributed by atoms with van der Waals surface area (Å²) in [5, 5.41) is 12.9. The number of carbonyl (C=O) groups excluding carboxylic acids is 1. The van der Waals surface area contributed by atoms with Gasteiger partial charge < -0.3 is 15.2 Å². The van der Waals surface area contributed by atoms with Gasteiger partial charge >= 0.3 is 6.09 Å². The summed E-state index contributed by atoms with van der Waals surface area (Å²) in [5.74, 6) is 0. The van der Waals surface area contributed by atoms with Crippen LogP contribution in [0.15, 0.2) is 43.0 Å². The lowest BCUT2D eigenvalue weighted by atomic mass is 9.91. The predicted molar refractivity (Wildman–Crippen MR) is 79.3 cm³/mol. The van der Waals surface area contributed by atoms with E-state index in [1.165, 1.54) is 0 Å². The van der Waals surface area contributed by atoms with Crippen LogP contribution in [0.2, 0.25) is 0 Å². The van der Waals surface area contributed by atoms with Crippen molar-refractivity contribution >= 4 is 6.09 Å². The van der Waals surface area contributed by atoms with Gasteiger partial charge in [-0.1, -0.05) is 43.3 Å². The summed E-state index contributed by atoms with van der Waals surface area (Å²) >= 11 is 0. The van der Waals surface area contributed by atoms with Crippen LogP contribution in [-0.2, 0) is 11.3 Å². The van der Waals surface area contributed by atoms with E-state index in [1.54, 1.807) is 13.0 Å². The van der Waals surface area contributed by atoms with Crippen LogP contribution in [0.4, 0.5) is 4.79 Å². The summed E-state index contributed by atoms with van der Waals surface area (Å²) in [6.07, 6.45) is 2.16. The largest absolute Gasteiger partial charge is 0.445 e. The number of rotatable bonds is 7. The van der Waals surface area contributed by atoms with Crippen molar-refractivity contribution in [2.24, 2.45) is 0 Å². The number of carbonyl (C=O) groups is 1. The van der Waals surface area contributed by atoms with Gasteiger partial charge in [-0.2, -0.15) is 0 Å². The van der Waals surface area contributed by atoms with E-state index >= 15 is 0 Å². The van der Waals surface area contributed by atoms with Crippen LogP contribution in [0.5, 0.6) is 0 Å². The fourth-order valence-corrected chi connectivity index (χ4v) is 1.79. The molecule has 0 aliphatic rings. The maximum atomic E-state index is 11.8. The van der Waals surface area contributed by atoms with Crippen LogP contribution in [0.25, 0.3) is 0 Å². The molecule has 0 saturated heterocycles. The molecular weight excluding hydrogens is 254 g/mol. The molecule has 0 fully saturated rings. The molecule has 2 N–H and O–H groups in total. The van der Waals surface area contributed by atoms with Gasteiger partial charge in [0.05, 0.1) is 11.6 Å². The highest BCUT2D eigenvalue weighted by molar-refractivity contribution is 5.67. The van der Waals surface area contributed by atoms with E-state index in [0.29, 0.717) is 12.8 Å². The first-order valence-electron chi connectivity index (χ1n) is 6.80. The molecule has 0 aliphatic carbocycles. The minimum absolute atomic E-state index is 0.210. The second-order valence-corrected chi connectivity index (χ2v) is 4.99. The molecule has 4 heteroatoms. The van der Waals surface area contributed by atoms with Crippen molar-refractivity contribution < 1.29 is 14.6 Å². The minimum Gasteiger partial charge on any atom is -0.445 e. The molecule has 4 nitrogen and oxygen atoms in total. The predicted octanol–water partition coefficient (Wildman–Crippen LogP) is 3.02. The van der Waals surface area contributed by atoms with E-state index in [-0.39, 0.29) is 6.61 Å². The SMILES string of the molecule is C=CC[C@H](NC(=O)OCc1ccccc1)[C@@](C)(O)CC. The van der Waals surface area contributed by atoms with E-state index in [2.05, 4.69) is 11.9 Å². The Hall–Kier alpha value is -1.81. The van der Waals surface area contributed by atoms with E-state index < -0.39 is 17.7 Å². The normalized spacial score (nSPS) is 14.9. The maximum Gasteiger partial charge on any atom is 0.407 e. The van der Waals surface area contributed by atoms with Gasteiger partial charge in [0.1, 0.15) is 6.61 Å². The van der Waals surface area contributed by atoms with Gasteiger partial charge in [-0.15, -0.1) is 6.58 Å². The van der Waals surface area contributed by atoms with Gasteiger partial charge in [0.15, 0.2) is 0 Å².